The molecule has 0 radical (unpaired) electrons. The number of rotatable bonds is 6. The van der Waals surface area contributed by atoms with E-state index in [1.165, 1.54) is 16.3 Å². The number of aromatic amines is 1. The summed E-state index contributed by atoms with van der Waals surface area (Å²) in [5, 5.41) is 7.53. The zero-order chi connectivity index (χ0) is 16.2. The molecule has 1 atom stereocenters. The Balaban J connectivity index is 1.64. The lowest BCUT2D eigenvalue weighted by atomic mass is 10.1. The molecule has 1 fully saturated rings. The topological polar surface area (TPSA) is 77.0 Å². The predicted molar refractivity (Wildman–Crippen MR) is 88.3 cm³/mol. The number of hydrogen-bond donors (Lipinski definition) is 1. The summed E-state index contributed by atoms with van der Waals surface area (Å²) < 4.78 is 7.09. The van der Waals surface area contributed by atoms with Gasteiger partial charge in [0, 0.05) is 17.2 Å². The van der Waals surface area contributed by atoms with Crippen LogP contribution in [-0.2, 0) is 11.3 Å². The van der Waals surface area contributed by atoms with Crippen LogP contribution in [0.3, 0.4) is 0 Å². The van der Waals surface area contributed by atoms with Crippen LogP contribution in [0.2, 0.25) is 5.02 Å². The fourth-order valence-electron chi connectivity index (χ4n) is 2.42. The van der Waals surface area contributed by atoms with Crippen LogP contribution < -0.4 is 5.69 Å². The van der Waals surface area contributed by atoms with Crippen molar-refractivity contribution in [3.05, 3.63) is 45.3 Å². The molecule has 1 aromatic carbocycles. The normalized spacial score (nSPS) is 17.5. The number of H-pyrrole nitrogens is 1. The van der Waals surface area contributed by atoms with Gasteiger partial charge in [0.1, 0.15) is 0 Å². The summed E-state index contributed by atoms with van der Waals surface area (Å²) in [7, 11) is 0. The number of halogens is 1. The number of nitrogens with zero attached hydrogens (tertiary/aromatic N) is 2. The molecule has 8 heteroatoms. The van der Waals surface area contributed by atoms with E-state index in [1.54, 1.807) is 24.3 Å². The molecule has 0 saturated carbocycles. The van der Waals surface area contributed by atoms with Crippen molar-refractivity contribution < 1.29 is 9.53 Å². The predicted octanol–water partition coefficient (Wildman–Crippen LogP) is 2.38. The molecule has 1 unspecified atom stereocenters. The number of ketones is 1. The van der Waals surface area contributed by atoms with Crippen LogP contribution >= 0.6 is 23.4 Å². The SMILES string of the molecule is O=C(CSc1n[nH]c(=O)n1CC1CCCO1)c1ccc(Cl)cc1. The molecule has 0 bridgehead atoms. The van der Waals surface area contributed by atoms with Gasteiger partial charge in [0.15, 0.2) is 10.9 Å². The van der Waals surface area contributed by atoms with E-state index >= 15 is 0 Å². The van der Waals surface area contributed by atoms with Gasteiger partial charge in [0.25, 0.3) is 0 Å². The Kier molecular flexibility index (Phi) is 5.20. The first-order valence-electron chi connectivity index (χ1n) is 7.32. The lowest BCUT2D eigenvalue weighted by molar-refractivity contribution is 0.0941. The highest BCUT2D eigenvalue weighted by molar-refractivity contribution is 7.99. The first kappa shape index (κ1) is 16.3. The van der Waals surface area contributed by atoms with E-state index in [-0.39, 0.29) is 23.3 Å². The third-order valence-corrected chi connectivity index (χ3v) is 4.86. The van der Waals surface area contributed by atoms with Crippen LogP contribution in [0, 0.1) is 0 Å². The van der Waals surface area contributed by atoms with Crippen molar-refractivity contribution in [2.75, 3.05) is 12.4 Å². The number of ether oxygens (including phenoxy) is 1. The molecular formula is C15H16ClN3O3S. The zero-order valence-electron chi connectivity index (χ0n) is 12.3. The second kappa shape index (κ2) is 7.33. The third kappa shape index (κ3) is 4.04. The number of Topliss-reactive ketones (excluding diaryl/α,β-unsaturated/α-hetero) is 1. The van der Waals surface area contributed by atoms with Crippen molar-refractivity contribution >= 4 is 29.1 Å². The summed E-state index contributed by atoms with van der Waals surface area (Å²) >= 11 is 7.05. The highest BCUT2D eigenvalue weighted by Gasteiger charge is 2.20. The maximum Gasteiger partial charge on any atom is 0.344 e. The van der Waals surface area contributed by atoms with Crippen LogP contribution in [0.5, 0.6) is 0 Å². The zero-order valence-corrected chi connectivity index (χ0v) is 13.9. The van der Waals surface area contributed by atoms with Gasteiger partial charge in [0.2, 0.25) is 0 Å². The Morgan fingerprint density at radius 2 is 2.22 bits per heavy atom. The van der Waals surface area contributed by atoms with Crippen LogP contribution in [0.15, 0.2) is 34.2 Å². The number of thioether (sulfide) groups is 1. The number of hydrogen-bond acceptors (Lipinski definition) is 5. The van der Waals surface area contributed by atoms with E-state index in [9.17, 15) is 9.59 Å². The fraction of sp³-hybridized carbons (Fsp3) is 0.400. The molecule has 23 heavy (non-hydrogen) atoms. The first-order chi connectivity index (χ1) is 11.1. The van der Waals surface area contributed by atoms with Gasteiger partial charge < -0.3 is 4.74 Å². The molecule has 122 valence electrons. The maximum absolute atomic E-state index is 12.2. The highest BCUT2D eigenvalue weighted by Crippen LogP contribution is 2.19. The van der Waals surface area contributed by atoms with Gasteiger partial charge in [-0.15, -0.1) is 5.10 Å². The van der Waals surface area contributed by atoms with Crippen molar-refractivity contribution in [3.8, 4) is 0 Å². The number of aromatic nitrogens is 3. The van der Waals surface area contributed by atoms with Gasteiger partial charge in [-0.1, -0.05) is 23.4 Å². The summed E-state index contributed by atoms with van der Waals surface area (Å²) in [5.41, 5.74) is 0.312. The second-order valence-electron chi connectivity index (χ2n) is 5.28. The van der Waals surface area contributed by atoms with E-state index in [0.717, 1.165) is 19.4 Å². The summed E-state index contributed by atoms with van der Waals surface area (Å²) in [6.45, 7) is 1.20. The Bertz CT molecular complexity index is 735. The average molecular weight is 354 g/mol. The smallest absolute Gasteiger partial charge is 0.344 e. The summed E-state index contributed by atoms with van der Waals surface area (Å²) in [6.07, 6.45) is 1.98. The minimum absolute atomic E-state index is 0.0363. The van der Waals surface area contributed by atoms with Crippen molar-refractivity contribution in [3.63, 3.8) is 0 Å². The number of nitrogens with one attached hydrogen (secondary N) is 1. The van der Waals surface area contributed by atoms with Crippen LogP contribution in [-0.4, -0.2) is 39.0 Å². The molecule has 2 aromatic rings. The number of benzene rings is 1. The van der Waals surface area contributed by atoms with Gasteiger partial charge in [0.05, 0.1) is 18.4 Å². The Morgan fingerprint density at radius 3 is 2.91 bits per heavy atom. The molecule has 1 aromatic heterocycles. The number of carbonyl (C=O) groups is 1. The van der Waals surface area contributed by atoms with Crippen molar-refractivity contribution in [2.24, 2.45) is 0 Å². The second-order valence-corrected chi connectivity index (χ2v) is 6.65. The third-order valence-electron chi connectivity index (χ3n) is 3.63. The lowest BCUT2D eigenvalue weighted by Gasteiger charge is -2.10. The van der Waals surface area contributed by atoms with Gasteiger partial charge in [-0.05, 0) is 37.1 Å². The summed E-state index contributed by atoms with van der Waals surface area (Å²) in [5.74, 6) is 0.169. The highest BCUT2D eigenvalue weighted by atomic mass is 35.5. The largest absolute Gasteiger partial charge is 0.376 e. The van der Waals surface area contributed by atoms with E-state index in [0.29, 0.717) is 22.3 Å². The maximum atomic E-state index is 12.2. The van der Waals surface area contributed by atoms with Gasteiger partial charge in [-0.3, -0.25) is 9.36 Å². The Hall–Kier alpha value is -1.57. The van der Waals surface area contributed by atoms with Crippen molar-refractivity contribution in [1.82, 2.24) is 14.8 Å². The molecule has 0 amide bonds. The van der Waals surface area contributed by atoms with E-state index in [2.05, 4.69) is 10.2 Å². The average Bonchev–Trinajstić information content (AvgIpc) is 3.18. The molecular weight excluding hydrogens is 338 g/mol. The lowest BCUT2D eigenvalue weighted by Crippen LogP contribution is -2.25. The van der Waals surface area contributed by atoms with Crippen LogP contribution in [0.25, 0.3) is 0 Å². The van der Waals surface area contributed by atoms with E-state index < -0.39 is 0 Å². The number of carbonyl (C=O) groups excluding carboxylic acids is 1. The minimum Gasteiger partial charge on any atom is -0.376 e. The van der Waals surface area contributed by atoms with E-state index in [4.69, 9.17) is 16.3 Å². The molecule has 1 aliphatic heterocycles. The van der Waals surface area contributed by atoms with Gasteiger partial charge in [-0.25, -0.2) is 9.89 Å². The van der Waals surface area contributed by atoms with Crippen molar-refractivity contribution in [1.29, 1.82) is 0 Å². The Morgan fingerprint density at radius 1 is 1.43 bits per heavy atom. The molecule has 1 N–H and O–H groups in total. The minimum atomic E-state index is -0.276. The van der Waals surface area contributed by atoms with Gasteiger partial charge in [-0.2, -0.15) is 0 Å². The quantitative estimate of drug-likeness (QED) is 0.637. The van der Waals surface area contributed by atoms with Crippen molar-refractivity contribution in [2.45, 2.75) is 30.6 Å². The molecule has 2 heterocycles. The summed E-state index contributed by atoms with van der Waals surface area (Å²) in [6, 6.07) is 6.74. The fourth-order valence-corrected chi connectivity index (χ4v) is 3.39. The molecule has 0 aliphatic carbocycles. The van der Waals surface area contributed by atoms with Crippen LogP contribution in [0.1, 0.15) is 23.2 Å². The molecule has 1 saturated heterocycles. The van der Waals surface area contributed by atoms with Gasteiger partial charge >= 0.3 is 5.69 Å². The first-order valence-corrected chi connectivity index (χ1v) is 8.68. The standard InChI is InChI=1S/C15H16ClN3O3S/c16-11-5-3-10(4-6-11)13(20)9-23-15-18-17-14(21)19(15)8-12-2-1-7-22-12/h3-6,12H,1-2,7-9H2,(H,17,21). The molecule has 0 spiro atoms. The molecule has 3 rings (SSSR count). The monoisotopic (exact) mass is 353 g/mol. The molecule has 1 aliphatic rings. The summed E-state index contributed by atoms with van der Waals surface area (Å²) in [4.78, 5) is 24.0. The molecule has 6 nitrogen and oxygen atoms in total. The van der Waals surface area contributed by atoms with E-state index in [1.807, 2.05) is 0 Å². The van der Waals surface area contributed by atoms with Crippen LogP contribution in [0.4, 0.5) is 0 Å². The Labute approximate surface area is 142 Å².